The first-order chi connectivity index (χ1) is 23.3. The number of fused-ring (bicyclic) bond motifs is 9. The van der Waals surface area contributed by atoms with Gasteiger partial charge in [-0.25, -0.2) is 4.98 Å². The molecule has 1 aliphatic rings. The first-order valence-electron chi connectivity index (χ1n) is 15.1. The molecule has 1 aliphatic heterocycles. The minimum Gasteiger partial charge on any atom is -0.354 e. The number of hydrogen-bond acceptors (Lipinski definition) is 6. The molecule has 0 radical (unpaired) electrons. The molecule has 232 valence electrons. The molecular formula is C38H25N5O4S. The third-order valence-corrected chi connectivity index (χ3v) is 9.64. The van der Waals surface area contributed by atoms with Crippen molar-refractivity contribution in [3.63, 3.8) is 0 Å². The van der Waals surface area contributed by atoms with E-state index >= 15 is 0 Å². The number of non-ortho nitro benzene ring substituents is 2. The maximum Gasteiger partial charge on any atom is 0.269 e. The normalized spacial score (nSPS) is 11.7. The quantitative estimate of drug-likeness (QED) is 0.142. The third-order valence-electron chi connectivity index (χ3n) is 8.52. The Bertz CT molecular complexity index is 2560. The SMILES string of the molecule is Cc1ccc(-c2c3ccc([nH]3)c(-c3ccc([N+](=O)[O-])cc3)c3nc(c4ccc([nH]4)c(-c4ccc([N+](=O)[O-])cc4)c4ccc2s4)C=C3)cc1. The van der Waals surface area contributed by atoms with E-state index in [1.54, 1.807) is 35.6 Å². The number of nitro groups is 2. The fourth-order valence-electron chi connectivity index (χ4n) is 6.16. The summed E-state index contributed by atoms with van der Waals surface area (Å²) >= 11 is 1.64. The van der Waals surface area contributed by atoms with Gasteiger partial charge in [0.05, 0.1) is 26.8 Å². The Kier molecular flexibility index (Phi) is 6.93. The molecule has 4 aromatic heterocycles. The minimum atomic E-state index is -0.403. The maximum atomic E-state index is 11.4. The van der Waals surface area contributed by atoms with Crippen LogP contribution in [0.3, 0.4) is 0 Å². The van der Waals surface area contributed by atoms with Crippen molar-refractivity contribution in [1.82, 2.24) is 15.0 Å². The van der Waals surface area contributed by atoms with Crippen LogP contribution in [0.1, 0.15) is 17.0 Å². The van der Waals surface area contributed by atoms with Crippen LogP contribution >= 0.6 is 11.3 Å². The molecule has 3 aromatic carbocycles. The number of H-pyrrole nitrogens is 2. The van der Waals surface area contributed by atoms with Gasteiger partial charge in [0, 0.05) is 66.9 Å². The van der Waals surface area contributed by atoms with Crippen molar-refractivity contribution < 1.29 is 9.85 Å². The summed E-state index contributed by atoms with van der Waals surface area (Å²) in [4.78, 5) is 34.3. The lowest BCUT2D eigenvalue weighted by atomic mass is 10.0. The van der Waals surface area contributed by atoms with Crippen LogP contribution in [0.2, 0.25) is 0 Å². The van der Waals surface area contributed by atoms with Gasteiger partial charge in [0.1, 0.15) is 0 Å². The fraction of sp³-hybridized carbons (Fsp3) is 0.0263. The van der Waals surface area contributed by atoms with E-state index in [1.165, 1.54) is 24.3 Å². The summed E-state index contributed by atoms with van der Waals surface area (Å²) in [6.07, 6.45) is 3.90. The number of aromatic nitrogens is 3. The van der Waals surface area contributed by atoms with Gasteiger partial charge in [0.2, 0.25) is 0 Å². The molecule has 0 spiro atoms. The number of aryl methyl sites for hydroxylation is 1. The molecule has 10 heteroatoms. The predicted molar refractivity (Wildman–Crippen MR) is 193 cm³/mol. The number of thiophene rings is 1. The molecule has 0 atom stereocenters. The lowest BCUT2D eigenvalue weighted by Crippen LogP contribution is -1.89. The number of aromatic amines is 2. The molecule has 0 amide bonds. The summed E-state index contributed by atoms with van der Waals surface area (Å²) in [5.74, 6) is 0. The third kappa shape index (κ3) is 5.10. The second-order valence-corrected chi connectivity index (χ2v) is 12.6. The molecule has 0 saturated carbocycles. The van der Waals surface area contributed by atoms with E-state index in [-0.39, 0.29) is 11.4 Å². The van der Waals surface area contributed by atoms with Gasteiger partial charge in [0.15, 0.2) is 0 Å². The zero-order valence-corrected chi connectivity index (χ0v) is 26.2. The van der Waals surface area contributed by atoms with Gasteiger partial charge in [-0.15, -0.1) is 11.3 Å². The minimum absolute atomic E-state index is 0.0160. The van der Waals surface area contributed by atoms with E-state index in [9.17, 15) is 20.2 Å². The van der Waals surface area contributed by atoms with Crippen molar-refractivity contribution in [3.05, 3.63) is 146 Å². The average Bonchev–Trinajstić information content (AvgIpc) is 3.92. The highest BCUT2D eigenvalue weighted by molar-refractivity contribution is 7.24. The van der Waals surface area contributed by atoms with Gasteiger partial charge in [-0.3, -0.25) is 20.2 Å². The van der Waals surface area contributed by atoms with Crippen LogP contribution < -0.4 is 0 Å². The van der Waals surface area contributed by atoms with Crippen LogP contribution in [0.15, 0.2) is 109 Å². The van der Waals surface area contributed by atoms with Crippen LogP contribution in [-0.4, -0.2) is 24.8 Å². The molecule has 9 nitrogen and oxygen atoms in total. The van der Waals surface area contributed by atoms with Crippen molar-refractivity contribution in [2.45, 2.75) is 6.92 Å². The van der Waals surface area contributed by atoms with E-state index in [4.69, 9.17) is 4.98 Å². The van der Waals surface area contributed by atoms with Crippen molar-refractivity contribution in [3.8, 4) is 33.4 Å². The number of nitrogens with one attached hydrogen (secondary N) is 2. The number of rotatable bonds is 5. The van der Waals surface area contributed by atoms with Crippen molar-refractivity contribution in [2.24, 2.45) is 0 Å². The van der Waals surface area contributed by atoms with Crippen LogP contribution in [0.4, 0.5) is 11.4 Å². The molecule has 8 rings (SSSR count). The average molecular weight is 648 g/mol. The van der Waals surface area contributed by atoms with Gasteiger partial charge in [-0.05, 0) is 96.4 Å². The van der Waals surface area contributed by atoms with Crippen LogP contribution in [-0.2, 0) is 0 Å². The summed E-state index contributed by atoms with van der Waals surface area (Å²) in [6.45, 7) is 2.06. The molecule has 0 saturated heterocycles. The molecule has 0 aliphatic carbocycles. The predicted octanol–water partition coefficient (Wildman–Crippen LogP) is 10.6. The Morgan fingerprint density at radius 1 is 0.521 bits per heavy atom. The fourth-order valence-corrected chi connectivity index (χ4v) is 7.33. The Morgan fingerprint density at radius 3 is 1.46 bits per heavy atom. The molecule has 2 N–H and O–H groups in total. The first kappa shape index (κ1) is 29.0. The van der Waals surface area contributed by atoms with E-state index in [0.29, 0.717) is 5.69 Å². The Labute approximate surface area is 277 Å². The smallest absolute Gasteiger partial charge is 0.269 e. The Balaban J connectivity index is 1.50. The zero-order valence-electron chi connectivity index (χ0n) is 25.4. The summed E-state index contributed by atoms with van der Waals surface area (Å²) in [5.41, 5.74) is 11.5. The van der Waals surface area contributed by atoms with Gasteiger partial charge in [-0.2, -0.15) is 0 Å². The zero-order chi connectivity index (χ0) is 32.9. The van der Waals surface area contributed by atoms with Crippen LogP contribution in [0, 0.1) is 27.2 Å². The molecule has 48 heavy (non-hydrogen) atoms. The molecule has 0 fully saturated rings. The van der Waals surface area contributed by atoms with E-state index in [1.807, 2.05) is 30.4 Å². The van der Waals surface area contributed by atoms with E-state index in [2.05, 4.69) is 59.4 Å². The Morgan fingerprint density at radius 2 is 0.938 bits per heavy atom. The molecule has 0 unspecified atom stereocenters. The molecule has 7 aromatic rings. The summed E-state index contributed by atoms with van der Waals surface area (Å²) in [6, 6.07) is 33.8. The summed E-state index contributed by atoms with van der Waals surface area (Å²) in [5, 5.41) is 22.9. The monoisotopic (exact) mass is 647 g/mol. The second-order valence-electron chi connectivity index (χ2n) is 11.5. The van der Waals surface area contributed by atoms with Crippen molar-refractivity contribution in [1.29, 1.82) is 0 Å². The highest BCUT2D eigenvalue weighted by Crippen LogP contribution is 2.40. The van der Waals surface area contributed by atoms with Gasteiger partial charge >= 0.3 is 0 Å². The van der Waals surface area contributed by atoms with Crippen LogP contribution in [0.25, 0.3) is 77.0 Å². The summed E-state index contributed by atoms with van der Waals surface area (Å²) in [7, 11) is 0. The largest absolute Gasteiger partial charge is 0.354 e. The second kappa shape index (κ2) is 11.4. The lowest BCUT2D eigenvalue weighted by Gasteiger charge is -2.05. The molecule has 5 heterocycles. The molecular weight excluding hydrogens is 623 g/mol. The number of benzene rings is 3. The van der Waals surface area contributed by atoms with Gasteiger partial charge in [0.25, 0.3) is 11.4 Å². The van der Waals surface area contributed by atoms with Crippen LogP contribution in [0.5, 0.6) is 0 Å². The number of nitro benzene ring substituents is 2. The maximum absolute atomic E-state index is 11.4. The van der Waals surface area contributed by atoms with Gasteiger partial charge in [-0.1, -0.05) is 29.8 Å². The highest BCUT2D eigenvalue weighted by Gasteiger charge is 2.17. The standard InChI is InChI=1S/C38H25N5O4S/c1-22-2-4-24(5-3-22)37-33-19-18-31(41-33)36(23-6-10-26(11-7-23)42(44)45)30-16-14-28(39-30)29-15-17-32(40-29)38(35-21-20-34(37)48-35)25-8-12-27(13-9-25)43(46)47/h2-21,40-41H,1H3. The van der Waals surface area contributed by atoms with E-state index < -0.39 is 9.85 Å². The topological polar surface area (TPSA) is 131 Å². The molecule has 8 bridgehead atoms. The number of nitrogens with zero attached hydrogens (tertiary/aromatic N) is 3. The first-order valence-corrected chi connectivity index (χ1v) is 16.0. The summed E-state index contributed by atoms with van der Waals surface area (Å²) < 4.78 is 2.03. The van der Waals surface area contributed by atoms with E-state index in [0.717, 1.165) is 76.1 Å². The highest BCUT2D eigenvalue weighted by atomic mass is 32.1. The van der Waals surface area contributed by atoms with Crippen molar-refractivity contribution >= 4 is 66.3 Å². The van der Waals surface area contributed by atoms with Crippen molar-refractivity contribution in [2.75, 3.05) is 0 Å². The number of hydrogen-bond donors (Lipinski definition) is 2. The lowest BCUT2D eigenvalue weighted by molar-refractivity contribution is -0.385. The van der Waals surface area contributed by atoms with Gasteiger partial charge < -0.3 is 9.97 Å². The Hall–Kier alpha value is -6.39.